The predicted molar refractivity (Wildman–Crippen MR) is 47.2 cm³/mol. The smallest absolute Gasteiger partial charge is 0.344 e. The summed E-state index contributed by atoms with van der Waals surface area (Å²) in [5.41, 5.74) is 0.593. The Balaban J connectivity index is 3.07. The lowest BCUT2D eigenvalue weighted by atomic mass is 10.1. The molecule has 0 fully saturated rings. The molecule has 1 rings (SSSR count). The van der Waals surface area contributed by atoms with E-state index in [0.29, 0.717) is 18.4 Å². The maximum Gasteiger partial charge on any atom is 0.344 e. The lowest BCUT2D eigenvalue weighted by Crippen LogP contribution is -2.08. The summed E-state index contributed by atoms with van der Waals surface area (Å²) in [7, 11) is 0. The summed E-state index contributed by atoms with van der Waals surface area (Å²) in [5.74, 6) is -0.631. The third-order valence-electron chi connectivity index (χ3n) is 1.71. The lowest BCUT2D eigenvalue weighted by molar-refractivity contribution is 0.0521. The highest BCUT2D eigenvalue weighted by Crippen LogP contribution is 2.14. The van der Waals surface area contributed by atoms with Crippen molar-refractivity contribution in [2.24, 2.45) is 0 Å². The minimum Gasteiger partial charge on any atom is -0.462 e. The van der Waals surface area contributed by atoms with E-state index in [-0.39, 0.29) is 17.9 Å². The lowest BCUT2D eigenvalue weighted by Gasteiger charge is -1.99. The molecule has 0 atom stereocenters. The molecule has 0 radical (unpaired) electrons. The summed E-state index contributed by atoms with van der Waals surface area (Å²) >= 11 is 0. The number of hydrogen-bond acceptors (Lipinski definition) is 5. The summed E-state index contributed by atoms with van der Waals surface area (Å²) < 4.78 is 9.46. The van der Waals surface area contributed by atoms with E-state index in [9.17, 15) is 9.59 Å². The second kappa shape index (κ2) is 4.55. The molecule has 0 saturated heterocycles. The highest BCUT2D eigenvalue weighted by Gasteiger charge is 2.22. The third kappa shape index (κ3) is 1.81. The van der Waals surface area contributed by atoms with Crippen LogP contribution >= 0.6 is 0 Å². The van der Waals surface area contributed by atoms with Crippen molar-refractivity contribution in [1.29, 1.82) is 0 Å². The van der Waals surface area contributed by atoms with E-state index in [2.05, 4.69) is 9.68 Å². The Morgan fingerprint density at radius 2 is 2.29 bits per heavy atom. The van der Waals surface area contributed by atoms with Crippen molar-refractivity contribution in [2.75, 3.05) is 6.61 Å². The summed E-state index contributed by atoms with van der Waals surface area (Å²) in [6, 6.07) is 0. The van der Waals surface area contributed by atoms with Gasteiger partial charge < -0.3 is 9.26 Å². The molecule has 0 aliphatic carbocycles. The maximum atomic E-state index is 11.4. The van der Waals surface area contributed by atoms with E-state index in [0.717, 1.165) is 0 Å². The van der Waals surface area contributed by atoms with Gasteiger partial charge in [-0.25, -0.2) is 4.79 Å². The molecule has 0 amide bonds. The largest absolute Gasteiger partial charge is 0.462 e. The van der Waals surface area contributed by atoms with Gasteiger partial charge in [0.1, 0.15) is 5.56 Å². The van der Waals surface area contributed by atoms with Gasteiger partial charge in [0.15, 0.2) is 6.29 Å². The van der Waals surface area contributed by atoms with Gasteiger partial charge in [-0.2, -0.15) is 0 Å². The zero-order valence-electron chi connectivity index (χ0n) is 8.07. The van der Waals surface area contributed by atoms with Crippen LogP contribution in [0, 0.1) is 0 Å². The summed E-state index contributed by atoms with van der Waals surface area (Å²) in [5, 5.41) is 3.60. The van der Waals surface area contributed by atoms with Gasteiger partial charge >= 0.3 is 5.97 Å². The van der Waals surface area contributed by atoms with E-state index in [4.69, 9.17) is 4.74 Å². The van der Waals surface area contributed by atoms with Crippen molar-refractivity contribution in [3.63, 3.8) is 0 Å². The first-order chi connectivity index (χ1) is 6.74. The molecule has 0 saturated carbocycles. The van der Waals surface area contributed by atoms with Crippen molar-refractivity contribution in [3.05, 3.63) is 17.0 Å². The van der Waals surface area contributed by atoms with Crippen molar-refractivity contribution >= 4 is 12.3 Å². The van der Waals surface area contributed by atoms with Crippen LogP contribution in [0.15, 0.2) is 4.52 Å². The average molecular weight is 197 g/mol. The molecule has 1 aromatic rings. The van der Waals surface area contributed by atoms with Crippen LogP contribution in [0.3, 0.4) is 0 Å². The molecule has 76 valence electrons. The second-order valence-corrected chi connectivity index (χ2v) is 2.56. The Bertz CT molecular complexity index is 343. The number of aromatic nitrogens is 1. The van der Waals surface area contributed by atoms with Gasteiger partial charge in [-0.1, -0.05) is 12.1 Å². The number of carbonyl (C=O) groups is 2. The fraction of sp³-hybridized carbons (Fsp3) is 0.444. The Morgan fingerprint density at radius 1 is 1.57 bits per heavy atom. The molecule has 0 spiro atoms. The minimum absolute atomic E-state index is 0.0692. The second-order valence-electron chi connectivity index (χ2n) is 2.56. The average Bonchev–Trinajstić information content (AvgIpc) is 2.60. The maximum absolute atomic E-state index is 11.4. The molecule has 0 aromatic carbocycles. The van der Waals surface area contributed by atoms with Crippen LogP contribution in [0.4, 0.5) is 0 Å². The van der Waals surface area contributed by atoms with Gasteiger partial charge in [0.2, 0.25) is 5.76 Å². The Morgan fingerprint density at radius 3 is 2.79 bits per heavy atom. The standard InChI is InChI=1S/C9H11NO4/c1-3-6-8(9(12)13-4-2)7(5-11)14-10-6/h5H,3-4H2,1-2H3. The monoisotopic (exact) mass is 197 g/mol. The molecule has 5 heteroatoms. The fourth-order valence-corrected chi connectivity index (χ4v) is 1.08. The highest BCUT2D eigenvalue weighted by atomic mass is 16.5. The molecule has 5 nitrogen and oxygen atoms in total. The first kappa shape index (κ1) is 10.4. The minimum atomic E-state index is -0.562. The molecule has 1 aromatic heterocycles. The van der Waals surface area contributed by atoms with Gasteiger partial charge in [0, 0.05) is 0 Å². The molecular weight excluding hydrogens is 186 g/mol. The van der Waals surface area contributed by atoms with Gasteiger partial charge in [0.05, 0.1) is 12.3 Å². The van der Waals surface area contributed by atoms with E-state index in [1.54, 1.807) is 6.92 Å². The molecule has 0 aliphatic heterocycles. The van der Waals surface area contributed by atoms with Gasteiger partial charge in [-0.15, -0.1) is 0 Å². The molecule has 0 N–H and O–H groups in total. The Hall–Kier alpha value is -1.65. The predicted octanol–water partition coefficient (Wildman–Crippen LogP) is 1.23. The van der Waals surface area contributed by atoms with Gasteiger partial charge in [-0.05, 0) is 13.3 Å². The van der Waals surface area contributed by atoms with E-state index in [1.165, 1.54) is 0 Å². The zero-order chi connectivity index (χ0) is 10.6. The van der Waals surface area contributed by atoms with Crippen LogP contribution in [0.25, 0.3) is 0 Å². The number of aldehydes is 1. The summed E-state index contributed by atoms with van der Waals surface area (Å²) in [4.78, 5) is 21.9. The molecule has 0 aliphatic rings. The Kier molecular flexibility index (Phi) is 3.39. The third-order valence-corrected chi connectivity index (χ3v) is 1.71. The number of carbonyl (C=O) groups excluding carboxylic acids is 2. The van der Waals surface area contributed by atoms with E-state index in [1.807, 2.05) is 6.92 Å². The van der Waals surface area contributed by atoms with Crippen LogP contribution in [0.5, 0.6) is 0 Å². The van der Waals surface area contributed by atoms with Crippen molar-refractivity contribution in [2.45, 2.75) is 20.3 Å². The van der Waals surface area contributed by atoms with Crippen LogP contribution < -0.4 is 0 Å². The quantitative estimate of drug-likeness (QED) is 0.536. The summed E-state index contributed by atoms with van der Waals surface area (Å²) in [6.45, 7) is 3.76. The van der Waals surface area contributed by atoms with Crippen molar-refractivity contribution in [3.8, 4) is 0 Å². The number of hydrogen-bond donors (Lipinski definition) is 0. The number of rotatable bonds is 4. The van der Waals surface area contributed by atoms with E-state index < -0.39 is 5.97 Å². The molecule has 1 heterocycles. The van der Waals surface area contributed by atoms with Crippen LogP contribution in [0.1, 0.15) is 40.5 Å². The topological polar surface area (TPSA) is 69.4 Å². The zero-order valence-corrected chi connectivity index (χ0v) is 8.07. The first-order valence-corrected chi connectivity index (χ1v) is 4.35. The number of esters is 1. The first-order valence-electron chi connectivity index (χ1n) is 4.35. The van der Waals surface area contributed by atoms with Gasteiger partial charge in [0.25, 0.3) is 0 Å². The molecule has 0 bridgehead atoms. The molecule has 14 heavy (non-hydrogen) atoms. The van der Waals surface area contributed by atoms with Crippen LogP contribution in [0.2, 0.25) is 0 Å². The normalized spacial score (nSPS) is 9.86. The Labute approximate surface area is 81.0 Å². The molecule has 0 unspecified atom stereocenters. The summed E-state index contributed by atoms with van der Waals surface area (Å²) in [6.07, 6.45) is 0.976. The fourth-order valence-electron chi connectivity index (χ4n) is 1.08. The van der Waals surface area contributed by atoms with E-state index >= 15 is 0 Å². The molecular formula is C9H11NO4. The van der Waals surface area contributed by atoms with Gasteiger partial charge in [-0.3, -0.25) is 4.79 Å². The van der Waals surface area contributed by atoms with Crippen LogP contribution in [-0.4, -0.2) is 24.0 Å². The SMILES string of the molecule is CCOC(=O)c1c(CC)noc1C=O. The van der Waals surface area contributed by atoms with Crippen molar-refractivity contribution < 1.29 is 18.8 Å². The number of ether oxygens (including phenoxy) is 1. The van der Waals surface area contributed by atoms with Crippen LogP contribution in [-0.2, 0) is 11.2 Å². The van der Waals surface area contributed by atoms with Crippen molar-refractivity contribution in [1.82, 2.24) is 5.16 Å². The number of aryl methyl sites for hydroxylation is 1. The number of nitrogens with zero attached hydrogens (tertiary/aromatic N) is 1. The highest BCUT2D eigenvalue weighted by molar-refractivity contribution is 5.97.